The molecule has 0 bridgehead atoms. The predicted molar refractivity (Wildman–Crippen MR) is 87.3 cm³/mol. The van der Waals surface area contributed by atoms with Crippen molar-refractivity contribution in [3.63, 3.8) is 0 Å². The van der Waals surface area contributed by atoms with Crippen LogP contribution in [0.2, 0.25) is 0 Å². The zero-order chi connectivity index (χ0) is 15.6. The Kier molecular flexibility index (Phi) is 4.57. The summed E-state index contributed by atoms with van der Waals surface area (Å²) in [5.74, 6) is -0.266. The van der Waals surface area contributed by atoms with Crippen molar-refractivity contribution >= 4 is 44.0 Å². The maximum absolute atomic E-state index is 13.1. The van der Waals surface area contributed by atoms with E-state index in [1.54, 1.807) is 6.07 Å². The normalized spacial score (nSPS) is 11.2. The second-order valence-corrected chi connectivity index (χ2v) is 6.95. The minimum Gasteiger partial charge on any atom is -0.495 e. The second-order valence-electron chi connectivity index (χ2n) is 4.14. The SMILES string of the molecule is COc1ccc(N)cc1S(=O)(=O)Nc1ccc(F)cc1I. The van der Waals surface area contributed by atoms with E-state index in [9.17, 15) is 12.8 Å². The van der Waals surface area contributed by atoms with E-state index in [-0.39, 0.29) is 16.3 Å². The predicted octanol–water partition coefficient (Wildman–Crippen LogP) is 2.82. The van der Waals surface area contributed by atoms with Crippen molar-refractivity contribution in [3.8, 4) is 5.75 Å². The molecule has 0 amide bonds. The van der Waals surface area contributed by atoms with Crippen molar-refractivity contribution in [1.82, 2.24) is 0 Å². The molecule has 0 aliphatic rings. The van der Waals surface area contributed by atoms with Gasteiger partial charge in [0.15, 0.2) is 0 Å². The molecular weight excluding hydrogens is 410 g/mol. The first-order chi connectivity index (χ1) is 9.83. The van der Waals surface area contributed by atoms with Gasteiger partial charge in [0, 0.05) is 9.26 Å². The number of rotatable bonds is 4. The van der Waals surface area contributed by atoms with E-state index >= 15 is 0 Å². The minimum atomic E-state index is -3.90. The van der Waals surface area contributed by atoms with Gasteiger partial charge in [-0.25, -0.2) is 12.8 Å². The fraction of sp³-hybridized carbons (Fsp3) is 0.0769. The molecule has 112 valence electrons. The number of nitrogens with one attached hydrogen (secondary N) is 1. The molecule has 21 heavy (non-hydrogen) atoms. The Morgan fingerprint density at radius 3 is 2.57 bits per heavy atom. The number of ether oxygens (including phenoxy) is 1. The molecule has 8 heteroatoms. The van der Waals surface area contributed by atoms with Gasteiger partial charge in [0.1, 0.15) is 16.5 Å². The van der Waals surface area contributed by atoms with Crippen LogP contribution in [0.3, 0.4) is 0 Å². The largest absolute Gasteiger partial charge is 0.495 e. The zero-order valence-electron chi connectivity index (χ0n) is 10.9. The molecule has 2 rings (SSSR count). The lowest BCUT2D eigenvalue weighted by Crippen LogP contribution is -2.15. The van der Waals surface area contributed by atoms with Crippen LogP contribution >= 0.6 is 22.6 Å². The summed E-state index contributed by atoms with van der Waals surface area (Å²) in [5.41, 5.74) is 6.20. The third-order valence-corrected chi connectivity index (χ3v) is 4.93. The average Bonchev–Trinajstić information content (AvgIpc) is 2.42. The molecule has 5 nitrogen and oxygen atoms in total. The van der Waals surface area contributed by atoms with Gasteiger partial charge in [0.05, 0.1) is 12.8 Å². The molecule has 0 fully saturated rings. The molecule has 0 saturated heterocycles. The van der Waals surface area contributed by atoms with E-state index in [1.807, 2.05) is 22.6 Å². The molecular formula is C13H12FIN2O3S. The lowest BCUT2D eigenvalue weighted by molar-refractivity contribution is 0.403. The van der Waals surface area contributed by atoms with E-state index in [0.29, 0.717) is 9.26 Å². The van der Waals surface area contributed by atoms with E-state index in [2.05, 4.69) is 4.72 Å². The number of nitrogens with two attached hydrogens (primary N) is 1. The molecule has 2 aromatic carbocycles. The monoisotopic (exact) mass is 422 g/mol. The number of sulfonamides is 1. The van der Waals surface area contributed by atoms with Gasteiger partial charge in [-0.15, -0.1) is 0 Å². The number of hydrogen-bond donors (Lipinski definition) is 2. The summed E-state index contributed by atoms with van der Waals surface area (Å²) < 4.78 is 45.8. The Balaban J connectivity index is 2.45. The fourth-order valence-corrected chi connectivity index (χ4v) is 3.76. The molecule has 0 heterocycles. The Morgan fingerprint density at radius 1 is 1.24 bits per heavy atom. The highest BCUT2D eigenvalue weighted by Gasteiger charge is 2.21. The van der Waals surface area contributed by atoms with Gasteiger partial charge in [-0.3, -0.25) is 4.72 Å². The number of methoxy groups -OCH3 is 1. The standard InChI is InChI=1S/C13H12FIN2O3S/c1-20-12-5-3-9(16)7-13(12)21(18,19)17-11-4-2-8(14)6-10(11)15/h2-7,17H,16H2,1H3. The van der Waals surface area contributed by atoms with Gasteiger partial charge >= 0.3 is 0 Å². The summed E-state index contributed by atoms with van der Waals surface area (Å²) in [6, 6.07) is 8.08. The molecule has 0 unspecified atom stereocenters. The minimum absolute atomic E-state index is 0.0786. The Labute approximate surface area is 135 Å². The summed E-state index contributed by atoms with van der Waals surface area (Å²) in [6.07, 6.45) is 0. The number of hydrogen-bond acceptors (Lipinski definition) is 4. The molecule has 0 spiro atoms. The molecule has 0 aromatic heterocycles. The molecule has 0 atom stereocenters. The third kappa shape index (κ3) is 3.56. The third-order valence-electron chi connectivity index (χ3n) is 2.65. The summed E-state index contributed by atoms with van der Waals surface area (Å²) in [7, 11) is -2.53. The van der Waals surface area contributed by atoms with Crippen molar-refractivity contribution in [3.05, 3.63) is 45.8 Å². The zero-order valence-corrected chi connectivity index (χ0v) is 13.9. The fourth-order valence-electron chi connectivity index (χ4n) is 1.68. The smallest absolute Gasteiger partial charge is 0.265 e. The first-order valence-electron chi connectivity index (χ1n) is 5.75. The lowest BCUT2D eigenvalue weighted by Gasteiger charge is -2.13. The van der Waals surface area contributed by atoms with Crippen LogP contribution in [-0.2, 0) is 10.0 Å². The van der Waals surface area contributed by atoms with Crippen LogP contribution in [0.1, 0.15) is 0 Å². The Hall–Kier alpha value is -1.55. The number of halogens is 2. The van der Waals surface area contributed by atoms with Crippen LogP contribution < -0.4 is 15.2 Å². The van der Waals surface area contributed by atoms with Gasteiger partial charge in [-0.2, -0.15) is 0 Å². The number of benzene rings is 2. The number of nitrogen functional groups attached to an aromatic ring is 1. The van der Waals surface area contributed by atoms with Crippen LogP contribution in [0.25, 0.3) is 0 Å². The van der Waals surface area contributed by atoms with E-state index in [1.165, 1.54) is 37.4 Å². The molecule has 0 radical (unpaired) electrons. The highest BCUT2D eigenvalue weighted by molar-refractivity contribution is 14.1. The average molecular weight is 422 g/mol. The highest BCUT2D eigenvalue weighted by atomic mass is 127. The van der Waals surface area contributed by atoms with Crippen molar-refractivity contribution in [1.29, 1.82) is 0 Å². The first kappa shape index (κ1) is 15.8. The molecule has 2 aromatic rings. The second kappa shape index (κ2) is 6.06. The van der Waals surface area contributed by atoms with Crippen LogP contribution in [0.15, 0.2) is 41.3 Å². The summed E-state index contributed by atoms with van der Waals surface area (Å²) in [5, 5.41) is 0. The maximum Gasteiger partial charge on any atom is 0.265 e. The molecule has 0 aliphatic carbocycles. The van der Waals surface area contributed by atoms with Gasteiger partial charge in [-0.1, -0.05) is 0 Å². The number of anilines is 2. The Bertz CT molecular complexity index is 781. The van der Waals surface area contributed by atoms with E-state index < -0.39 is 15.8 Å². The van der Waals surface area contributed by atoms with Gasteiger partial charge < -0.3 is 10.5 Å². The van der Waals surface area contributed by atoms with Crippen molar-refractivity contribution in [2.45, 2.75) is 4.90 Å². The van der Waals surface area contributed by atoms with Crippen molar-refractivity contribution in [2.24, 2.45) is 0 Å². The highest BCUT2D eigenvalue weighted by Crippen LogP contribution is 2.29. The van der Waals surface area contributed by atoms with Crippen molar-refractivity contribution < 1.29 is 17.5 Å². The first-order valence-corrected chi connectivity index (χ1v) is 8.31. The molecule has 0 aliphatic heterocycles. The lowest BCUT2D eigenvalue weighted by atomic mass is 10.3. The summed E-state index contributed by atoms with van der Waals surface area (Å²) in [6.45, 7) is 0. The summed E-state index contributed by atoms with van der Waals surface area (Å²) in [4.78, 5) is -0.0786. The van der Waals surface area contributed by atoms with Crippen LogP contribution in [0, 0.1) is 9.39 Å². The molecule has 0 saturated carbocycles. The van der Waals surface area contributed by atoms with Crippen LogP contribution in [0.5, 0.6) is 5.75 Å². The Morgan fingerprint density at radius 2 is 1.95 bits per heavy atom. The van der Waals surface area contributed by atoms with Gasteiger partial charge in [0.2, 0.25) is 0 Å². The summed E-state index contributed by atoms with van der Waals surface area (Å²) >= 11 is 1.85. The van der Waals surface area contributed by atoms with E-state index in [0.717, 1.165) is 0 Å². The van der Waals surface area contributed by atoms with Crippen LogP contribution in [-0.4, -0.2) is 15.5 Å². The van der Waals surface area contributed by atoms with Gasteiger partial charge in [-0.05, 0) is 59.0 Å². The van der Waals surface area contributed by atoms with Crippen molar-refractivity contribution in [2.75, 3.05) is 17.6 Å². The van der Waals surface area contributed by atoms with E-state index in [4.69, 9.17) is 10.5 Å². The topological polar surface area (TPSA) is 81.4 Å². The quantitative estimate of drug-likeness (QED) is 0.587. The van der Waals surface area contributed by atoms with Crippen LogP contribution in [0.4, 0.5) is 15.8 Å². The van der Waals surface area contributed by atoms with Gasteiger partial charge in [0.25, 0.3) is 10.0 Å². The molecule has 3 N–H and O–H groups in total. The maximum atomic E-state index is 13.1.